The molecular weight excluding hydrogens is 353 g/mol. The Kier molecular flexibility index (Phi) is 6.18. The standard InChI is InChI=1S/C20H24FNO3S/c1-20(2,3)16-6-4-15(5-7-16)14-26(24,25)13-12-19(23)22-18-10-8-17(21)9-11-18/h4-11H,12-14H2,1-3H3,(H,22,23). The van der Waals surface area contributed by atoms with Gasteiger partial charge in [-0.15, -0.1) is 0 Å². The minimum absolute atomic E-state index is 0.00977. The van der Waals surface area contributed by atoms with E-state index < -0.39 is 21.6 Å². The summed E-state index contributed by atoms with van der Waals surface area (Å²) >= 11 is 0. The van der Waals surface area contributed by atoms with Crippen LogP contribution < -0.4 is 5.32 Å². The van der Waals surface area contributed by atoms with Crippen molar-refractivity contribution in [3.05, 3.63) is 65.5 Å². The molecule has 0 aliphatic heterocycles. The Morgan fingerprint density at radius 3 is 2.12 bits per heavy atom. The summed E-state index contributed by atoms with van der Waals surface area (Å²) in [7, 11) is -3.40. The van der Waals surface area contributed by atoms with Gasteiger partial charge in [-0.25, -0.2) is 12.8 Å². The second-order valence-corrected chi connectivity index (χ2v) is 9.53. The first kappa shape index (κ1) is 20.1. The van der Waals surface area contributed by atoms with E-state index in [2.05, 4.69) is 26.1 Å². The summed E-state index contributed by atoms with van der Waals surface area (Å²) in [5.74, 6) is -1.14. The van der Waals surface area contributed by atoms with Gasteiger partial charge >= 0.3 is 0 Å². The van der Waals surface area contributed by atoms with Gasteiger partial charge < -0.3 is 5.32 Å². The SMILES string of the molecule is CC(C)(C)c1ccc(CS(=O)(=O)CCC(=O)Nc2ccc(F)cc2)cc1. The van der Waals surface area contributed by atoms with E-state index in [-0.39, 0.29) is 23.3 Å². The summed E-state index contributed by atoms with van der Waals surface area (Å²) in [6, 6.07) is 12.8. The molecule has 0 aliphatic rings. The number of amides is 1. The van der Waals surface area contributed by atoms with Gasteiger partial charge in [0, 0.05) is 12.1 Å². The summed E-state index contributed by atoms with van der Waals surface area (Å²) < 4.78 is 37.3. The maximum absolute atomic E-state index is 12.8. The van der Waals surface area contributed by atoms with Crippen LogP contribution in [0.25, 0.3) is 0 Å². The summed E-state index contributed by atoms with van der Waals surface area (Å²) in [4.78, 5) is 11.9. The Morgan fingerprint density at radius 1 is 1.00 bits per heavy atom. The number of rotatable bonds is 6. The average molecular weight is 377 g/mol. The van der Waals surface area contributed by atoms with Crippen molar-refractivity contribution in [2.24, 2.45) is 0 Å². The van der Waals surface area contributed by atoms with Crippen LogP contribution in [0.1, 0.15) is 38.3 Å². The largest absolute Gasteiger partial charge is 0.326 e. The van der Waals surface area contributed by atoms with Gasteiger partial charge in [0.25, 0.3) is 0 Å². The van der Waals surface area contributed by atoms with E-state index in [0.717, 1.165) is 5.56 Å². The zero-order valence-electron chi connectivity index (χ0n) is 15.3. The smallest absolute Gasteiger partial charge is 0.225 e. The Labute approximate surface area is 154 Å². The molecule has 140 valence electrons. The van der Waals surface area contributed by atoms with E-state index in [0.29, 0.717) is 11.3 Å². The van der Waals surface area contributed by atoms with Gasteiger partial charge in [0.05, 0.1) is 11.5 Å². The fraction of sp³-hybridized carbons (Fsp3) is 0.350. The predicted molar refractivity (Wildman–Crippen MR) is 102 cm³/mol. The molecule has 6 heteroatoms. The predicted octanol–water partition coefficient (Wildman–Crippen LogP) is 4.07. The van der Waals surface area contributed by atoms with Gasteiger partial charge in [-0.1, -0.05) is 45.0 Å². The lowest BCUT2D eigenvalue weighted by Gasteiger charge is -2.19. The summed E-state index contributed by atoms with van der Waals surface area (Å²) in [5, 5.41) is 2.56. The lowest BCUT2D eigenvalue weighted by molar-refractivity contribution is -0.115. The van der Waals surface area contributed by atoms with Crippen molar-refractivity contribution in [1.29, 1.82) is 0 Å². The molecule has 0 aliphatic carbocycles. The third kappa shape index (κ3) is 6.26. The number of benzene rings is 2. The molecule has 0 saturated heterocycles. The zero-order chi connectivity index (χ0) is 19.4. The zero-order valence-corrected chi connectivity index (χ0v) is 16.1. The van der Waals surface area contributed by atoms with Crippen LogP contribution >= 0.6 is 0 Å². The average Bonchev–Trinajstić information content (AvgIpc) is 2.55. The third-order valence-corrected chi connectivity index (χ3v) is 5.57. The highest BCUT2D eigenvalue weighted by molar-refractivity contribution is 7.90. The minimum Gasteiger partial charge on any atom is -0.326 e. The number of anilines is 1. The number of sulfone groups is 1. The molecule has 0 fully saturated rings. The Morgan fingerprint density at radius 2 is 1.58 bits per heavy atom. The maximum atomic E-state index is 12.8. The molecule has 1 N–H and O–H groups in total. The van der Waals surface area contributed by atoms with E-state index in [4.69, 9.17) is 0 Å². The second kappa shape index (κ2) is 7.99. The highest BCUT2D eigenvalue weighted by Gasteiger charge is 2.17. The molecule has 0 saturated carbocycles. The molecule has 2 rings (SSSR count). The lowest BCUT2D eigenvalue weighted by Crippen LogP contribution is -2.18. The van der Waals surface area contributed by atoms with E-state index in [1.165, 1.54) is 24.3 Å². The van der Waals surface area contributed by atoms with Crippen LogP contribution in [-0.4, -0.2) is 20.1 Å². The highest BCUT2D eigenvalue weighted by atomic mass is 32.2. The number of hydrogen-bond acceptors (Lipinski definition) is 3. The van der Waals surface area contributed by atoms with Crippen LogP contribution in [0.4, 0.5) is 10.1 Å². The van der Waals surface area contributed by atoms with Gasteiger partial charge in [0.1, 0.15) is 5.82 Å². The number of hydrogen-bond donors (Lipinski definition) is 1. The van der Waals surface area contributed by atoms with E-state index in [1.54, 1.807) is 0 Å². The van der Waals surface area contributed by atoms with E-state index >= 15 is 0 Å². The van der Waals surface area contributed by atoms with Crippen molar-refractivity contribution in [1.82, 2.24) is 0 Å². The second-order valence-electron chi connectivity index (χ2n) is 7.34. The number of halogens is 1. The van der Waals surface area contributed by atoms with Crippen LogP contribution in [0.15, 0.2) is 48.5 Å². The van der Waals surface area contributed by atoms with Crippen molar-refractivity contribution in [2.45, 2.75) is 38.4 Å². The lowest BCUT2D eigenvalue weighted by atomic mass is 9.87. The number of carbonyl (C=O) groups is 1. The quantitative estimate of drug-likeness (QED) is 0.825. The molecule has 26 heavy (non-hydrogen) atoms. The molecule has 0 unspecified atom stereocenters. The molecule has 2 aromatic carbocycles. The number of nitrogens with one attached hydrogen (secondary N) is 1. The first-order valence-corrected chi connectivity index (χ1v) is 10.2. The van der Waals surface area contributed by atoms with Gasteiger partial charge in [-0.05, 0) is 40.8 Å². The topological polar surface area (TPSA) is 63.2 Å². The molecule has 0 bridgehead atoms. The Hall–Kier alpha value is -2.21. The van der Waals surface area contributed by atoms with Gasteiger partial charge in [0.15, 0.2) is 9.84 Å². The summed E-state index contributed by atoms with van der Waals surface area (Å²) in [6.45, 7) is 6.29. The number of carbonyl (C=O) groups excluding carboxylic acids is 1. The third-order valence-electron chi connectivity index (χ3n) is 3.97. The van der Waals surface area contributed by atoms with Crippen LogP contribution in [0, 0.1) is 5.82 Å². The fourth-order valence-corrected chi connectivity index (χ4v) is 3.77. The van der Waals surface area contributed by atoms with Crippen molar-refractivity contribution >= 4 is 21.4 Å². The molecule has 0 heterocycles. The first-order valence-electron chi connectivity index (χ1n) is 8.40. The molecule has 1 amide bonds. The van der Waals surface area contributed by atoms with Crippen LogP contribution in [0.3, 0.4) is 0 Å². The van der Waals surface area contributed by atoms with Gasteiger partial charge in [-0.2, -0.15) is 0 Å². The molecule has 4 nitrogen and oxygen atoms in total. The first-order chi connectivity index (χ1) is 12.0. The van der Waals surface area contributed by atoms with Gasteiger partial charge in [0.2, 0.25) is 5.91 Å². The van der Waals surface area contributed by atoms with Crippen LogP contribution in [0.2, 0.25) is 0 Å². The monoisotopic (exact) mass is 377 g/mol. The Balaban J connectivity index is 1.90. The van der Waals surface area contributed by atoms with E-state index in [9.17, 15) is 17.6 Å². The van der Waals surface area contributed by atoms with Crippen LogP contribution in [0.5, 0.6) is 0 Å². The van der Waals surface area contributed by atoms with Crippen molar-refractivity contribution in [3.8, 4) is 0 Å². The Bertz CT molecular complexity index is 851. The molecule has 0 radical (unpaired) electrons. The molecule has 0 spiro atoms. The molecule has 0 aromatic heterocycles. The van der Waals surface area contributed by atoms with Crippen LogP contribution in [-0.2, 0) is 25.8 Å². The van der Waals surface area contributed by atoms with Crippen molar-refractivity contribution in [3.63, 3.8) is 0 Å². The summed E-state index contributed by atoms with van der Waals surface area (Å²) in [6.07, 6.45) is -0.139. The maximum Gasteiger partial charge on any atom is 0.225 e. The minimum atomic E-state index is -3.40. The fourth-order valence-electron chi connectivity index (χ4n) is 2.43. The van der Waals surface area contributed by atoms with E-state index in [1.807, 2.05) is 24.3 Å². The molecule has 2 aromatic rings. The molecular formula is C20H24FNO3S. The summed E-state index contributed by atoms with van der Waals surface area (Å²) in [5.41, 5.74) is 2.29. The van der Waals surface area contributed by atoms with Gasteiger partial charge in [-0.3, -0.25) is 4.79 Å². The highest BCUT2D eigenvalue weighted by Crippen LogP contribution is 2.22. The normalized spacial score (nSPS) is 12.0. The molecule has 0 atom stereocenters. The van der Waals surface area contributed by atoms with Crippen molar-refractivity contribution < 1.29 is 17.6 Å². The van der Waals surface area contributed by atoms with Crippen molar-refractivity contribution in [2.75, 3.05) is 11.1 Å².